The Kier molecular flexibility index (Phi) is 10.0. The molecule has 42 heavy (non-hydrogen) atoms. The third-order valence-electron chi connectivity index (χ3n) is 6.76. The SMILES string of the molecule is COc1ccc2nccc([C@@H](O)CN3CCC(NS(=O)(=O)c4ccc5c(c4)NC(=O)CS5)CC3)c2c1.O=C(O)C(=O)O. The van der Waals surface area contributed by atoms with Crippen LogP contribution in [0.4, 0.5) is 5.69 Å². The number of aromatic nitrogens is 1. The van der Waals surface area contributed by atoms with E-state index in [9.17, 15) is 18.3 Å². The van der Waals surface area contributed by atoms with Crippen molar-refractivity contribution in [1.29, 1.82) is 0 Å². The van der Waals surface area contributed by atoms with E-state index in [1.165, 1.54) is 17.8 Å². The third kappa shape index (κ3) is 7.74. The smallest absolute Gasteiger partial charge is 0.414 e. The summed E-state index contributed by atoms with van der Waals surface area (Å²) >= 11 is 1.39. The highest BCUT2D eigenvalue weighted by atomic mass is 32.2. The van der Waals surface area contributed by atoms with Crippen LogP contribution in [0.25, 0.3) is 10.9 Å². The molecule has 2 aliphatic rings. The summed E-state index contributed by atoms with van der Waals surface area (Å²) in [6.07, 6.45) is 2.25. The van der Waals surface area contributed by atoms with Gasteiger partial charge in [-0.15, -0.1) is 11.8 Å². The maximum Gasteiger partial charge on any atom is 0.414 e. The fourth-order valence-corrected chi connectivity index (χ4v) is 6.78. The number of aliphatic carboxylic acids is 2. The summed E-state index contributed by atoms with van der Waals surface area (Å²) in [4.78, 5) is 37.4. The van der Waals surface area contributed by atoms with Crippen LogP contribution in [-0.2, 0) is 24.4 Å². The van der Waals surface area contributed by atoms with Gasteiger partial charge in [0.1, 0.15) is 5.75 Å². The lowest BCUT2D eigenvalue weighted by Gasteiger charge is -2.33. The standard InChI is InChI=1S/C25H28N4O5S2.C2H2O4/c1-34-17-2-4-21-20(12-17)19(6-9-26-21)23(30)14-29-10-7-16(8-11-29)28-36(32,33)18-3-5-24-22(13-18)27-25(31)15-35-24;3-1(4)2(5)6/h2-6,9,12-13,16,23,28,30H,7-8,10-11,14-15H2,1H3,(H,27,31);(H,3,4)(H,5,6)/t23-;/m0./s1. The number of carbonyl (C=O) groups excluding carboxylic acids is 1. The summed E-state index contributed by atoms with van der Waals surface area (Å²) in [6, 6.07) is 12.0. The van der Waals surface area contributed by atoms with Crippen LogP contribution >= 0.6 is 11.8 Å². The molecule has 2 aliphatic heterocycles. The van der Waals surface area contributed by atoms with Gasteiger partial charge in [0.2, 0.25) is 15.9 Å². The molecule has 1 saturated heterocycles. The summed E-state index contributed by atoms with van der Waals surface area (Å²) in [7, 11) is -2.12. The zero-order valence-electron chi connectivity index (χ0n) is 22.5. The Labute approximate surface area is 245 Å². The number of carboxylic acids is 2. The van der Waals surface area contributed by atoms with Gasteiger partial charge in [0.25, 0.3) is 0 Å². The zero-order chi connectivity index (χ0) is 30.4. The van der Waals surface area contributed by atoms with Crippen LogP contribution in [0.15, 0.2) is 58.5 Å². The molecule has 5 N–H and O–H groups in total. The lowest BCUT2D eigenvalue weighted by Crippen LogP contribution is -2.45. The maximum absolute atomic E-state index is 13.0. The number of nitrogens with zero attached hydrogens (tertiary/aromatic N) is 2. The molecule has 1 amide bonds. The van der Waals surface area contributed by atoms with Crippen molar-refractivity contribution >= 4 is 56.2 Å². The number of carboxylic acid groups (broad SMARTS) is 2. The number of likely N-dealkylation sites (tertiary alicyclic amines) is 1. The molecular weight excluding hydrogens is 588 g/mol. The zero-order valence-corrected chi connectivity index (χ0v) is 24.2. The number of aliphatic hydroxyl groups excluding tert-OH is 1. The van der Waals surface area contributed by atoms with E-state index in [1.807, 2.05) is 24.3 Å². The topological polar surface area (TPSA) is 195 Å². The summed E-state index contributed by atoms with van der Waals surface area (Å²) in [5.74, 6) is -2.75. The lowest BCUT2D eigenvalue weighted by molar-refractivity contribution is -0.159. The van der Waals surface area contributed by atoms with E-state index in [4.69, 9.17) is 24.5 Å². The number of aliphatic hydroxyl groups is 1. The number of thioether (sulfide) groups is 1. The first-order chi connectivity index (χ1) is 20.0. The number of pyridine rings is 1. The second-order valence-electron chi connectivity index (χ2n) is 9.60. The molecule has 3 aromatic rings. The number of hydrogen-bond donors (Lipinski definition) is 5. The number of ether oxygens (including phenoxy) is 1. The number of nitrogens with one attached hydrogen (secondary N) is 2. The number of piperidine rings is 1. The Morgan fingerprint density at radius 1 is 1.14 bits per heavy atom. The van der Waals surface area contributed by atoms with Crippen LogP contribution in [0.1, 0.15) is 24.5 Å². The van der Waals surface area contributed by atoms with Gasteiger partial charge in [-0.2, -0.15) is 0 Å². The number of fused-ring (bicyclic) bond motifs is 2. The number of anilines is 1. The van der Waals surface area contributed by atoms with Gasteiger partial charge in [-0.25, -0.2) is 22.7 Å². The second kappa shape index (κ2) is 13.5. The van der Waals surface area contributed by atoms with Crippen LogP contribution in [0.2, 0.25) is 0 Å². The van der Waals surface area contributed by atoms with Crippen molar-refractivity contribution in [2.24, 2.45) is 0 Å². The van der Waals surface area contributed by atoms with Crippen molar-refractivity contribution in [1.82, 2.24) is 14.6 Å². The Morgan fingerprint density at radius 2 is 1.86 bits per heavy atom. The van der Waals surface area contributed by atoms with E-state index >= 15 is 0 Å². The van der Waals surface area contributed by atoms with Crippen molar-refractivity contribution in [3.05, 3.63) is 54.2 Å². The van der Waals surface area contributed by atoms with Gasteiger partial charge in [0, 0.05) is 29.1 Å². The average molecular weight is 619 g/mol. The molecule has 1 fully saturated rings. The monoisotopic (exact) mass is 618 g/mol. The van der Waals surface area contributed by atoms with Crippen molar-refractivity contribution in [2.45, 2.75) is 34.8 Å². The van der Waals surface area contributed by atoms with Gasteiger partial charge in [-0.3, -0.25) is 9.78 Å². The molecular formula is C27H30N4O9S2. The highest BCUT2D eigenvalue weighted by Gasteiger charge is 2.27. The predicted octanol–water partition coefficient (Wildman–Crippen LogP) is 1.92. The normalized spacial score (nSPS) is 16.5. The number of methoxy groups -OCH3 is 1. The molecule has 0 spiro atoms. The van der Waals surface area contributed by atoms with Gasteiger partial charge in [0.15, 0.2) is 0 Å². The first-order valence-corrected chi connectivity index (χ1v) is 15.3. The van der Waals surface area contributed by atoms with Gasteiger partial charge in [0.05, 0.1) is 35.1 Å². The minimum atomic E-state index is -3.72. The Balaban J connectivity index is 0.000000612. The molecule has 2 aromatic carbocycles. The molecule has 15 heteroatoms. The van der Waals surface area contributed by atoms with Crippen molar-refractivity contribution in [2.75, 3.05) is 37.8 Å². The third-order valence-corrected chi connectivity index (χ3v) is 9.35. The molecule has 0 radical (unpaired) electrons. The van der Waals surface area contributed by atoms with Gasteiger partial charge in [-0.1, -0.05) is 0 Å². The maximum atomic E-state index is 13.0. The first-order valence-electron chi connectivity index (χ1n) is 12.8. The quantitative estimate of drug-likeness (QED) is 0.242. The highest BCUT2D eigenvalue weighted by Crippen LogP contribution is 2.33. The molecule has 224 valence electrons. The molecule has 3 heterocycles. The van der Waals surface area contributed by atoms with E-state index in [-0.39, 0.29) is 16.8 Å². The minimum absolute atomic E-state index is 0.136. The Hall–Kier alpha value is -3.76. The van der Waals surface area contributed by atoms with E-state index in [0.717, 1.165) is 21.4 Å². The average Bonchev–Trinajstić information content (AvgIpc) is 2.97. The second-order valence-corrected chi connectivity index (χ2v) is 12.3. The van der Waals surface area contributed by atoms with Crippen molar-refractivity contribution < 1.29 is 42.9 Å². The largest absolute Gasteiger partial charge is 0.497 e. The Morgan fingerprint density at radius 3 is 2.52 bits per heavy atom. The van der Waals surface area contributed by atoms with E-state index in [1.54, 1.807) is 25.4 Å². The summed E-state index contributed by atoms with van der Waals surface area (Å²) in [5.41, 5.74) is 2.12. The minimum Gasteiger partial charge on any atom is -0.497 e. The fourth-order valence-electron chi connectivity index (χ4n) is 4.66. The number of sulfonamides is 1. The van der Waals surface area contributed by atoms with Gasteiger partial charge in [-0.05, 0) is 74.0 Å². The molecule has 0 bridgehead atoms. The number of rotatable bonds is 7. The molecule has 0 unspecified atom stereocenters. The van der Waals surface area contributed by atoms with E-state index in [2.05, 4.69) is 19.9 Å². The number of hydrogen-bond acceptors (Lipinski definition) is 10. The number of carbonyl (C=O) groups is 3. The van der Waals surface area contributed by atoms with E-state index < -0.39 is 28.1 Å². The molecule has 5 rings (SSSR count). The predicted molar refractivity (Wildman–Crippen MR) is 154 cm³/mol. The number of benzene rings is 2. The molecule has 0 saturated carbocycles. The molecule has 13 nitrogen and oxygen atoms in total. The van der Waals surface area contributed by atoms with Crippen LogP contribution < -0.4 is 14.8 Å². The number of β-amino-alcohol motifs (C(OH)–C–C–N with tert-alkyl or cyclic N) is 1. The van der Waals surface area contributed by atoms with Crippen molar-refractivity contribution in [3.63, 3.8) is 0 Å². The lowest BCUT2D eigenvalue weighted by atomic mass is 10.0. The fraction of sp³-hybridized carbons (Fsp3) is 0.333. The molecule has 0 aliphatic carbocycles. The summed E-state index contributed by atoms with van der Waals surface area (Å²) in [5, 5.41) is 29.4. The Bertz CT molecular complexity index is 1580. The van der Waals surface area contributed by atoms with Gasteiger partial charge < -0.3 is 30.3 Å². The summed E-state index contributed by atoms with van der Waals surface area (Å²) in [6.45, 7) is 1.76. The van der Waals surface area contributed by atoms with Crippen LogP contribution in [0.5, 0.6) is 5.75 Å². The molecule has 1 atom stereocenters. The van der Waals surface area contributed by atoms with E-state index in [0.29, 0.717) is 49.7 Å². The molecule has 1 aromatic heterocycles. The number of amides is 1. The summed E-state index contributed by atoms with van der Waals surface area (Å²) < 4.78 is 34.1. The van der Waals surface area contributed by atoms with Gasteiger partial charge >= 0.3 is 11.9 Å². The van der Waals surface area contributed by atoms with Crippen molar-refractivity contribution in [3.8, 4) is 5.75 Å². The van der Waals surface area contributed by atoms with Crippen LogP contribution in [-0.4, -0.2) is 90.0 Å². The van der Waals surface area contributed by atoms with Crippen LogP contribution in [0, 0.1) is 0 Å². The first kappa shape index (κ1) is 31.2. The van der Waals surface area contributed by atoms with Crippen LogP contribution in [0.3, 0.4) is 0 Å². The highest BCUT2D eigenvalue weighted by molar-refractivity contribution is 8.00.